The first-order valence-corrected chi connectivity index (χ1v) is 8.01. The van der Waals surface area contributed by atoms with Gasteiger partial charge in [-0.05, 0) is 24.5 Å². The summed E-state index contributed by atoms with van der Waals surface area (Å²) in [4.78, 5) is 14.7. The van der Waals surface area contributed by atoms with Crippen molar-refractivity contribution in [2.45, 2.75) is 44.6 Å². The van der Waals surface area contributed by atoms with Crippen LogP contribution in [-0.2, 0) is 20.8 Å². The Morgan fingerprint density at radius 3 is 2.68 bits per heavy atom. The molecule has 1 atom stereocenters. The minimum Gasteiger partial charge on any atom is -0.347 e. The zero-order valence-corrected chi connectivity index (χ0v) is 12.9. The van der Waals surface area contributed by atoms with Crippen LogP contribution in [0.3, 0.4) is 0 Å². The third-order valence-electron chi connectivity index (χ3n) is 5.11. The Bertz CT molecular complexity index is 616. The molecular weight excluding hydrogens is 278 g/mol. The number of hydrogen-bond donors (Lipinski definition) is 0. The summed E-state index contributed by atoms with van der Waals surface area (Å²) in [6.07, 6.45) is 2.53. The molecular formula is C18H21NO3. The second kappa shape index (κ2) is 5.21. The highest BCUT2D eigenvalue weighted by Crippen LogP contribution is 2.45. The molecule has 22 heavy (non-hydrogen) atoms. The van der Waals surface area contributed by atoms with E-state index in [1.165, 1.54) is 11.1 Å². The lowest BCUT2D eigenvalue weighted by Crippen LogP contribution is -2.43. The van der Waals surface area contributed by atoms with Crippen LogP contribution in [0.15, 0.2) is 41.5 Å². The van der Waals surface area contributed by atoms with Crippen LogP contribution < -0.4 is 0 Å². The van der Waals surface area contributed by atoms with Gasteiger partial charge in [-0.3, -0.25) is 4.79 Å². The molecule has 1 spiro atoms. The maximum atomic E-state index is 12.7. The zero-order valence-electron chi connectivity index (χ0n) is 12.9. The monoisotopic (exact) mass is 299 g/mol. The van der Waals surface area contributed by atoms with Gasteiger partial charge in [0.1, 0.15) is 0 Å². The van der Waals surface area contributed by atoms with Crippen molar-refractivity contribution >= 4 is 5.91 Å². The van der Waals surface area contributed by atoms with Gasteiger partial charge < -0.3 is 14.4 Å². The second-order valence-electron chi connectivity index (χ2n) is 6.41. The summed E-state index contributed by atoms with van der Waals surface area (Å²) in [6.45, 7) is 3.96. The van der Waals surface area contributed by atoms with Gasteiger partial charge in [-0.15, -0.1) is 0 Å². The number of nitrogens with zero attached hydrogens (tertiary/aromatic N) is 1. The van der Waals surface area contributed by atoms with Crippen molar-refractivity contribution in [1.82, 2.24) is 4.90 Å². The number of carbonyl (C=O) groups is 1. The number of amides is 1. The van der Waals surface area contributed by atoms with Crippen LogP contribution >= 0.6 is 0 Å². The van der Waals surface area contributed by atoms with Crippen LogP contribution in [0.4, 0.5) is 0 Å². The lowest BCUT2D eigenvalue weighted by molar-refractivity contribution is -0.172. The normalized spacial score (nSPS) is 26.9. The van der Waals surface area contributed by atoms with E-state index in [1.54, 1.807) is 0 Å². The van der Waals surface area contributed by atoms with Crippen LogP contribution in [0.1, 0.15) is 31.7 Å². The quantitative estimate of drug-likeness (QED) is 0.842. The molecule has 3 aliphatic rings. The van der Waals surface area contributed by atoms with Gasteiger partial charge in [-0.2, -0.15) is 0 Å². The van der Waals surface area contributed by atoms with Crippen LogP contribution in [0.25, 0.3) is 0 Å². The minimum atomic E-state index is -0.462. The van der Waals surface area contributed by atoms with Gasteiger partial charge in [-0.25, -0.2) is 0 Å². The molecule has 1 amide bonds. The van der Waals surface area contributed by atoms with E-state index >= 15 is 0 Å². The molecule has 1 aromatic carbocycles. The Hall–Kier alpha value is -1.65. The van der Waals surface area contributed by atoms with E-state index in [0.29, 0.717) is 19.8 Å². The van der Waals surface area contributed by atoms with Gasteiger partial charge in [0.2, 0.25) is 5.91 Å². The number of ether oxygens (including phenoxy) is 2. The predicted octanol–water partition coefficient (Wildman–Crippen LogP) is 2.64. The molecule has 4 rings (SSSR count). The van der Waals surface area contributed by atoms with E-state index in [4.69, 9.17) is 9.47 Å². The summed E-state index contributed by atoms with van der Waals surface area (Å²) in [5.41, 5.74) is 3.28. The maximum Gasteiger partial charge on any atom is 0.250 e. The summed E-state index contributed by atoms with van der Waals surface area (Å²) >= 11 is 0. The van der Waals surface area contributed by atoms with Gasteiger partial charge in [0.15, 0.2) is 5.79 Å². The molecule has 4 heteroatoms. The van der Waals surface area contributed by atoms with Crippen molar-refractivity contribution in [2.24, 2.45) is 0 Å². The first kappa shape index (κ1) is 14.0. The molecule has 0 N–H and O–H groups in total. The van der Waals surface area contributed by atoms with Gasteiger partial charge in [0, 0.05) is 25.0 Å². The molecule has 1 unspecified atom stereocenters. The first-order chi connectivity index (χ1) is 10.7. The third-order valence-corrected chi connectivity index (χ3v) is 5.11. The Morgan fingerprint density at radius 2 is 1.95 bits per heavy atom. The Labute approximate surface area is 130 Å². The van der Waals surface area contributed by atoms with Crippen LogP contribution in [0.5, 0.6) is 0 Å². The number of hydrogen-bond acceptors (Lipinski definition) is 3. The molecule has 1 saturated carbocycles. The Kier molecular flexibility index (Phi) is 3.31. The fourth-order valence-electron chi connectivity index (χ4n) is 3.95. The molecule has 2 heterocycles. The highest BCUT2D eigenvalue weighted by atomic mass is 16.7. The zero-order chi connectivity index (χ0) is 15.2. The first-order valence-electron chi connectivity index (χ1n) is 8.01. The van der Waals surface area contributed by atoms with Gasteiger partial charge in [0.25, 0.3) is 0 Å². The van der Waals surface area contributed by atoms with Crippen molar-refractivity contribution in [3.05, 3.63) is 47.0 Å². The topological polar surface area (TPSA) is 38.8 Å². The van der Waals surface area contributed by atoms with E-state index in [1.807, 2.05) is 30.0 Å². The van der Waals surface area contributed by atoms with Crippen LogP contribution in [-0.4, -0.2) is 35.8 Å². The number of rotatable bonds is 2. The molecule has 2 aliphatic heterocycles. The lowest BCUT2D eigenvalue weighted by atomic mass is 9.84. The summed E-state index contributed by atoms with van der Waals surface area (Å²) < 4.78 is 11.7. The molecule has 1 saturated heterocycles. The standard InChI is InChI=1S/C18H21NO3/c1-13-15-11-18(21-9-10-22-18)8-7-16(15)19(17(13)20)12-14-5-3-2-4-6-14/h2-6,16H,7-12H2,1H3. The molecule has 0 aromatic heterocycles. The summed E-state index contributed by atoms with van der Waals surface area (Å²) in [5, 5.41) is 0. The fraction of sp³-hybridized carbons (Fsp3) is 0.500. The molecule has 1 aliphatic carbocycles. The van der Waals surface area contributed by atoms with Gasteiger partial charge >= 0.3 is 0 Å². The molecule has 2 fully saturated rings. The smallest absolute Gasteiger partial charge is 0.250 e. The van der Waals surface area contributed by atoms with E-state index in [0.717, 1.165) is 24.8 Å². The lowest BCUT2D eigenvalue weighted by Gasteiger charge is -2.38. The van der Waals surface area contributed by atoms with Gasteiger partial charge in [-0.1, -0.05) is 30.3 Å². The number of fused-ring (bicyclic) bond motifs is 1. The Balaban J connectivity index is 1.57. The van der Waals surface area contributed by atoms with Crippen molar-refractivity contribution in [2.75, 3.05) is 13.2 Å². The molecule has 1 aromatic rings. The fourth-order valence-corrected chi connectivity index (χ4v) is 3.95. The highest BCUT2D eigenvalue weighted by molar-refractivity contribution is 5.97. The van der Waals surface area contributed by atoms with Crippen molar-refractivity contribution in [1.29, 1.82) is 0 Å². The predicted molar refractivity (Wildman–Crippen MR) is 82.0 cm³/mol. The summed E-state index contributed by atoms with van der Waals surface area (Å²) in [7, 11) is 0. The number of carbonyl (C=O) groups excluding carboxylic acids is 1. The van der Waals surface area contributed by atoms with E-state index in [2.05, 4.69) is 12.1 Å². The summed E-state index contributed by atoms with van der Waals surface area (Å²) in [6, 6.07) is 10.4. The maximum absolute atomic E-state index is 12.7. The minimum absolute atomic E-state index is 0.166. The van der Waals surface area contributed by atoms with E-state index < -0.39 is 5.79 Å². The van der Waals surface area contributed by atoms with E-state index in [9.17, 15) is 4.79 Å². The van der Waals surface area contributed by atoms with Crippen molar-refractivity contribution in [3.63, 3.8) is 0 Å². The Morgan fingerprint density at radius 1 is 1.23 bits per heavy atom. The molecule has 0 radical (unpaired) electrons. The largest absolute Gasteiger partial charge is 0.347 e. The highest BCUT2D eigenvalue weighted by Gasteiger charge is 2.48. The van der Waals surface area contributed by atoms with E-state index in [-0.39, 0.29) is 11.9 Å². The SMILES string of the molecule is CC1=C2CC3(CCC2N(Cc2ccccc2)C1=O)OCCO3. The average molecular weight is 299 g/mol. The summed E-state index contributed by atoms with van der Waals surface area (Å²) in [5.74, 6) is -0.297. The number of benzene rings is 1. The third kappa shape index (κ3) is 2.18. The van der Waals surface area contributed by atoms with Crippen molar-refractivity contribution in [3.8, 4) is 0 Å². The van der Waals surface area contributed by atoms with Crippen LogP contribution in [0, 0.1) is 0 Å². The molecule has 4 nitrogen and oxygen atoms in total. The van der Waals surface area contributed by atoms with Gasteiger partial charge in [0.05, 0.1) is 19.3 Å². The molecule has 116 valence electrons. The van der Waals surface area contributed by atoms with Crippen LogP contribution in [0.2, 0.25) is 0 Å². The average Bonchev–Trinajstić information content (AvgIpc) is 3.08. The molecule has 0 bridgehead atoms. The second-order valence-corrected chi connectivity index (χ2v) is 6.41. The van der Waals surface area contributed by atoms with Crippen molar-refractivity contribution < 1.29 is 14.3 Å².